The van der Waals surface area contributed by atoms with Gasteiger partial charge in [-0.1, -0.05) is 48.5 Å². The summed E-state index contributed by atoms with van der Waals surface area (Å²) in [6.45, 7) is 2.86. The molecule has 0 bridgehead atoms. The molecule has 5 heteroatoms. The molecule has 0 aromatic heterocycles. The summed E-state index contributed by atoms with van der Waals surface area (Å²) in [5, 5.41) is 0. The molecule has 2 aromatic rings. The number of primary amides is 1. The number of benzene rings is 2. The van der Waals surface area contributed by atoms with Gasteiger partial charge in [-0.15, -0.1) is 0 Å². The molecule has 1 aliphatic heterocycles. The van der Waals surface area contributed by atoms with Crippen molar-refractivity contribution in [3.05, 3.63) is 65.7 Å². The highest BCUT2D eigenvalue weighted by Crippen LogP contribution is 2.25. The van der Waals surface area contributed by atoms with Crippen molar-refractivity contribution in [1.29, 1.82) is 0 Å². The quantitative estimate of drug-likeness (QED) is 0.904. The third-order valence-electron chi connectivity index (χ3n) is 4.63. The van der Waals surface area contributed by atoms with Gasteiger partial charge < -0.3 is 10.6 Å². The highest BCUT2D eigenvalue weighted by molar-refractivity contribution is 5.96. The second kappa shape index (κ2) is 7.49. The molecule has 0 unspecified atom stereocenters. The molecule has 1 atom stereocenters. The highest BCUT2D eigenvalue weighted by atomic mass is 16.2. The summed E-state index contributed by atoms with van der Waals surface area (Å²) in [5.74, 6) is -0.407. The number of para-hydroxylation sites is 1. The first kappa shape index (κ1) is 17.2. The maximum absolute atomic E-state index is 12.7. The fourth-order valence-electron chi connectivity index (χ4n) is 3.38. The Morgan fingerprint density at radius 2 is 1.80 bits per heavy atom. The van der Waals surface area contributed by atoms with Crippen LogP contribution >= 0.6 is 0 Å². The molecule has 0 spiro atoms. The van der Waals surface area contributed by atoms with Crippen molar-refractivity contribution in [3.63, 3.8) is 0 Å². The Hall–Kier alpha value is -2.66. The average Bonchev–Trinajstić information content (AvgIpc) is 2.58. The van der Waals surface area contributed by atoms with Gasteiger partial charge in [0.05, 0.1) is 13.1 Å². The molecular weight excluding hydrogens is 314 g/mol. The van der Waals surface area contributed by atoms with Crippen LogP contribution in [0.15, 0.2) is 54.6 Å². The number of nitrogens with zero attached hydrogens (tertiary/aromatic N) is 2. The summed E-state index contributed by atoms with van der Waals surface area (Å²) in [5.41, 5.74) is 8.57. The van der Waals surface area contributed by atoms with Gasteiger partial charge in [-0.05, 0) is 30.5 Å². The van der Waals surface area contributed by atoms with Crippen LogP contribution < -0.4 is 10.6 Å². The topological polar surface area (TPSA) is 66.6 Å². The molecule has 5 nitrogen and oxygen atoms in total. The van der Waals surface area contributed by atoms with Gasteiger partial charge in [0, 0.05) is 18.3 Å². The van der Waals surface area contributed by atoms with Crippen molar-refractivity contribution < 1.29 is 9.59 Å². The number of carbonyl (C=O) groups is 2. The predicted molar refractivity (Wildman–Crippen MR) is 98.2 cm³/mol. The molecule has 2 aromatic carbocycles. The zero-order valence-corrected chi connectivity index (χ0v) is 14.4. The summed E-state index contributed by atoms with van der Waals surface area (Å²) in [6.07, 6.45) is 0.768. The molecular formula is C20H23N3O2. The fourth-order valence-corrected chi connectivity index (χ4v) is 3.38. The van der Waals surface area contributed by atoms with E-state index in [1.807, 2.05) is 59.2 Å². The van der Waals surface area contributed by atoms with Crippen LogP contribution in [0.1, 0.15) is 11.1 Å². The number of hydrogen-bond donors (Lipinski definition) is 1. The SMILES string of the molecule is Cc1ccccc1N1C[C@H](Cc2ccccc2)N(CC(N)=O)CC1=O. The van der Waals surface area contributed by atoms with E-state index in [4.69, 9.17) is 5.73 Å². The first-order valence-corrected chi connectivity index (χ1v) is 8.47. The number of rotatable bonds is 5. The lowest BCUT2D eigenvalue weighted by molar-refractivity contribution is -0.125. The van der Waals surface area contributed by atoms with E-state index in [0.29, 0.717) is 6.54 Å². The number of anilines is 1. The van der Waals surface area contributed by atoms with Crippen LogP contribution in [0.25, 0.3) is 0 Å². The maximum Gasteiger partial charge on any atom is 0.241 e. The summed E-state index contributed by atoms with van der Waals surface area (Å²) in [4.78, 5) is 27.8. The number of amides is 2. The normalized spacial score (nSPS) is 18.4. The Morgan fingerprint density at radius 1 is 1.12 bits per heavy atom. The average molecular weight is 337 g/mol. The number of piperazine rings is 1. The van der Waals surface area contributed by atoms with Crippen LogP contribution in [-0.2, 0) is 16.0 Å². The van der Waals surface area contributed by atoms with E-state index in [1.54, 1.807) is 0 Å². The van der Waals surface area contributed by atoms with Gasteiger partial charge in [-0.3, -0.25) is 14.5 Å². The van der Waals surface area contributed by atoms with Crippen molar-refractivity contribution >= 4 is 17.5 Å². The largest absolute Gasteiger partial charge is 0.369 e. The van der Waals surface area contributed by atoms with Crippen LogP contribution in [0.5, 0.6) is 0 Å². The number of aryl methyl sites for hydroxylation is 1. The van der Waals surface area contributed by atoms with Crippen molar-refractivity contribution in [2.75, 3.05) is 24.5 Å². The van der Waals surface area contributed by atoms with Crippen LogP contribution in [0.2, 0.25) is 0 Å². The Morgan fingerprint density at radius 3 is 2.48 bits per heavy atom. The predicted octanol–water partition coefficient (Wildman–Crippen LogP) is 1.74. The fraction of sp³-hybridized carbons (Fsp3) is 0.300. The molecule has 130 valence electrons. The molecule has 2 N–H and O–H groups in total. The highest BCUT2D eigenvalue weighted by Gasteiger charge is 2.33. The van der Waals surface area contributed by atoms with E-state index >= 15 is 0 Å². The second-order valence-electron chi connectivity index (χ2n) is 6.51. The minimum atomic E-state index is -0.407. The first-order chi connectivity index (χ1) is 12.0. The number of hydrogen-bond acceptors (Lipinski definition) is 3. The molecule has 1 aliphatic rings. The van der Waals surface area contributed by atoms with Crippen LogP contribution in [0.3, 0.4) is 0 Å². The van der Waals surface area contributed by atoms with Gasteiger partial charge in [0.15, 0.2) is 0 Å². The van der Waals surface area contributed by atoms with Crippen molar-refractivity contribution in [2.24, 2.45) is 5.73 Å². The van der Waals surface area contributed by atoms with Gasteiger partial charge in [-0.25, -0.2) is 0 Å². The second-order valence-corrected chi connectivity index (χ2v) is 6.51. The van der Waals surface area contributed by atoms with Gasteiger partial charge in [0.25, 0.3) is 0 Å². The van der Waals surface area contributed by atoms with E-state index in [0.717, 1.165) is 17.7 Å². The van der Waals surface area contributed by atoms with Crippen molar-refractivity contribution in [3.8, 4) is 0 Å². The molecule has 2 amide bonds. The minimum absolute atomic E-state index is 0.000128. The van der Waals surface area contributed by atoms with E-state index in [-0.39, 0.29) is 25.0 Å². The number of carbonyl (C=O) groups excluding carboxylic acids is 2. The Balaban J connectivity index is 1.86. The lowest BCUT2D eigenvalue weighted by Crippen LogP contribution is -2.58. The van der Waals surface area contributed by atoms with Crippen molar-refractivity contribution in [1.82, 2.24) is 4.90 Å². The van der Waals surface area contributed by atoms with E-state index in [1.165, 1.54) is 5.56 Å². The van der Waals surface area contributed by atoms with Gasteiger partial charge in [0.1, 0.15) is 0 Å². The lowest BCUT2D eigenvalue weighted by atomic mass is 10.0. The molecule has 3 rings (SSSR count). The number of nitrogens with two attached hydrogens (primary N) is 1. The summed E-state index contributed by atoms with van der Waals surface area (Å²) < 4.78 is 0. The minimum Gasteiger partial charge on any atom is -0.369 e. The Kier molecular flexibility index (Phi) is 5.14. The zero-order chi connectivity index (χ0) is 17.8. The van der Waals surface area contributed by atoms with Gasteiger partial charge in [-0.2, -0.15) is 0 Å². The Labute approximate surface area is 148 Å². The summed E-state index contributed by atoms with van der Waals surface area (Å²) >= 11 is 0. The van der Waals surface area contributed by atoms with Crippen LogP contribution in [0, 0.1) is 6.92 Å². The van der Waals surface area contributed by atoms with E-state index < -0.39 is 5.91 Å². The van der Waals surface area contributed by atoms with Crippen LogP contribution in [-0.4, -0.2) is 42.4 Å². The smallest absolute Gasteiger partial charge is 0.241 e. The standard InChI is InChI=1S/C20H23N3O2/c1-15-7-5-6-10-18(15)23-12-17(11-16-8-3-2-4-9-16)22(13-19(21)24)14-20(23)25/h2-10,17H,11-14H2,1H3,(H2,21,24)/t17-/m0/s1. The monoisotopic (exact) mass is 337 g/mol. The maximum atomic E-state index is 12.7. The van der Waals surface area contributed by atoms with Crippen LogP contribution in [0.4, 0.5) is 5.69 Å². The molecule has 0 radical (unpaired) electrons. The third kappa shape index (κ3) is 4.06. The summed E-state index contributed by atoms with van der Waals surface area (Å²) in [7, 11) is 0. The van der Waals surface area contributed by atoms with Gasteiger partial charge in [0.2, 0.25) is 11.8 Å². The van der Waals surface area contributed by atoms with E-state index in [9.17, 15) is 9.59 Å². The van der Waals surface area contributed by atoms with Crippen molar-refractivity contribution in [2.45, 2.75) is 19.4 Å². The molecule has 0 aliphatic carbocycles. The Bertz CT molecular complexity index is 761. The van der Waals surface area contributed by atoms with E-state index in [2.05, 4.69) is 12.1 Å². The molecule has 25 heavy (non-hydrogen) atoms. The molecule has 1 fully saturated rings. The van der Waals surface area contributed by atoms with Gasteiger partial charge >= 0.3 is 0 Å². The first-order valence-electron chi connectivity index (χ1n) is 8.47. The summed E-state index contributed by atoms with van der Waals surface area (Å²) in [6, 6.07) is 18.0. The third-order valence-corrected chi connectivity index (χ3v) is 4.63. The lowest BCUT2D eigenvalue weighted by Gasteiger charge is -2.41. The zero-order valence-electron chi connectivity index (χ0n) is 14.4. The molecule has 0 saturated carbocycles. The molecule has 1 heterocycles. The molecule has 1 saturated heterocycles.